The number of hydrogen-bond acceptors (Lipinski definition) is 15. The van der Waals surface area contributed by atoms with Crippen LogP contribution in [0.3, 0.4) is 0 Å². The summed E-state index contributed by atoms with van der Waals surface area (Å²) in [6.07, 6.45) is 59.5. The lowest BCUT2D eigenvalue weighted by Gasteiger charge is -2.21. The fourth-order valence-electron chi connectivity index (χ4n) is 12.2. The van der Waals surface area contributed by atoms with E-state index in [0.717, 1.165) is 102 Å². The van der Waals surface area contributed by atoms with Crippen LogP contribution in [0.15, 0.2) is 0 Å². The van der Waals surface area contributed by atoms with Crippen molar-refractivity contribution < 1.29 is 80.2 Å². The second-order valence-corrected chi connectivity index (χ2v) is 32.3. The SMILES string of the molecule is CCCCCCCCCCCCCCCCCCC(=O)OC[C@H](COP(=O)(O)OC[C@@H](O)COP(=O)(O)OC[C@@H](COC(=O)CCCCCCCCCCCC(C)C)OC(=O)CCCCCCCCCCCCCCCC)OC(=O)CCCCCCCCCCCCCCCC(C)C. The van der Waals surface area contributed by atoms with Gasteiger partial charge in [-0.3, -0.25) is 37.3 Å². The van der Waals surface area contributed by atoms with Crippen molar-refractivity contribution >= 4 is 39.5 Å². The number of esters is 4. The van der Waals surface area contributed by atoms with Gasteiger partial charge in [0.1, 0.15) is 19.3 Å². The highest BCUT2D eigenvalue weighted by atomic mass is 31.2. The van der Waals surface area contributed by atoms with E-state index in [1.807, 2.05) is 0 Å². The molecule has 3 N–H and O–H groups in total. The first-order valence-electron chi connectivity index (χ1n) is 41.0. The Kier molecular flexibility index (Phi) is 69.3. The predicted octanol–water partition coefficient (Wildman–Crippen LogP) is 23.5. The lowest BCUT2D eigenvalue weighted by Crippen LogP contribution is -2.30. The molecule has 98 heavy (non-hydrogen) atoms. The zero-order chi connectivity index (χ0) is 72.1. The Bertz CT molecular complexity index is 1890. The van der Waals surface area contributed by atoms with Gasteiger partial charge in [-0.2, -0.15) is 0 Å². The first-order chi connectivity index (χ1) is 47.4. The number of rotatable bonds is 78. The molecule has 17 nitrogen and oxygen atoms in total. The number of aliphatic hydroxyl groups is 1. The minimum absolute atomic E-state index is 0.108. The number of unbranched alkanes of at least 4 members (excludes halogenated alkanes) is 48. The number of aliphatic hydroxyl groups excluding tert-OH is 1. The molecule has 0 fully saturated rings. The van der Waals surface area contributed by atoms with Crippen LogP contribution in [-0.2, 0) is 65.4 Å². The van der Waals surface area contributed by atoms with Crippen molar-refractivity contribution in [2.45, 2.75) is 432 Å². The molecule has 19 heteroatoms. The van der Waals surface area contributed by atoms with Crippen LogP contribution in [0.25, 0.3) is 0 Å². The maximum Gasteiger partial charge on any atom is 0.472 e. The Balaban J connectivity index is 5.26. The van der Waals surface area contributed by atoms with Gasteiger partial charge in [-0.05, 0) is 37.5 Å². The molecule has 0 aliphatic carbocycles. The molecule has 582 valence electrons. The molecule has 0 aliphatic heterocycles. The van der Waals surface area contributed by atoms with Crippen molar-refractivity contribution in [3.8, 4) is 0 Å². The highest BCUT2D eigenvalue weighted by molar-refractivity contribution is 7.47. The third-order valence-corrected chi connectivity index (χ3v) is 20.4. The summed E-state index contributed by atoms with van der Waals surface area (Å²) in [7, 11) is -9.92. The third-order valence-electron chi connectivity index (χ3n) is 18.5. The molecule has 0 saturated carbocycles. The topological polar surface area (TPSA) is 237 Å². The van der Waals surface area contributed by atoms with Gasteiger partial charge >= 0.3 is 39.5 Å². The number of carbonyl (C=O) groups excluding carboxylic acids is 4. The molecular weight excluding hydrogens is 1280 g/mol. The molecule has 0 aromatic heterocycles. The van der Waals surface area contributed by atoms with Crippen LogP contribution in [0.1, 0.15) is 414 Å². The first kappa shape index (κ1) is 96.1. The maximum absolute atomic E-state index is 13.1. The van der Waals surface area contributed by atoms with E-state index in [2.05, 4.69) is 41.5 Å². The molecule has 5 atom stereocenters. The molecule has 0 amide bonds. The van der Waals surface area contributed by atoms with Crippen LogP contribution in [0.2, 0.25) is 0 Å². The van der Waals surface area contributed by atoms with E-state index >= 15 is 0 Å². The van der Waals surface area contributed by atoms with Gasteiger partial charge in [-0.15, -0.1) is 0 Å². The van der Waals surface area contributed by atoms with Crippen molar-refractivity contribution in [1.82, 2.24) is 0 Å². The van der Waals surface area contributed by atoms with Gasteiger partial charge in [0.25, 0.3) is 0 Å². The molecule has 0 radical (unpaired) electrons. The Morgan fingerprint density at radius 3 is 0.694 bits per heavy atom. The van der Waals surface area contributed by atoms with Gasteiger partial charge in [0, 0.05) is 25.7 Å². The molecule has 0 rings (SSSR count). The summed E-state index contributed by atoms with van der Waals surface area (Å²) >= 11 is 0. The maximum atomic E-state index is 13.1. The minimum atomic E-state index is -4.96. The standard InChI is InChI=1S/C79H154O17P2/c1-7-9-11-13-15-17-19-21-23-24-28-31-37-43-49-55-61-76(81)89-67-74(95-79(84)64-58-52-46-39-33-29-25-26-30-35-41-47-53-59-71(3)4)69-93-97(85,86)91-65-73(80)66-92-98(87,88)94-70-75(68-90-77(82)62-56-50-44-40-34-36-42-48-54-60-72(5)6)96-78(83)63-57-51-45-38-32-27-22-20-18-16-14-12-10-8-2/h71-75,80H,7-70H2,1-6H3,(H,85,86)(H,87,88)/t73-,74-,75-/m1/s1. The Labute approximate surface area is 600 Å². The second-order valence-electron chi connectivity index (χ2n) is 29.4. The van der Waals surface area contributed by atoms with Crippen molar-refractivity contribution in [3.05, 3.63) is 0 Å². The van der Waals surface area contributed by atoms with Crippen molar-refractivity contribution in [1.29, 1.82) is 0 Å². The highest BCUT2D eigenvalue weighted by Crippen LogP contribution is 2.45. The van der Waals surface area contributed by atoms with Gasteiger partial charge in [0.15, 0.2) is 12.2 Å². The molecule has 0 spiro atoms. The normalized spacial score (nSPS) is 13.9. The summed E-state index contributed by atoms with van der Waals surface area (Å²) < 4.78 is 68.7. The molecule has 0 heterocycles. The van der Waals surface area contributed by atoms with Crippen molar-refractivity contribution in [2.24, 2.45) is 11.8 Å². The molecule has 0 aromatic rings. The molecule has 0 bridgehead atoms. The van der Waals surface area contributed by atoms with E-state index in [-0.39, 0.29) is 25.7 Å². The smallest absolute Gasteiger partial charge is 0.462 e. The van der Waals surface area contributed by atoms with Crippen LogP contribution in [0.4, 0.5) is 0 Å². The zero-order valence-electron chi connectivity index (χ0n) is 64.1. The summed E-state index contributed by atoms with van der Waals surface area (Å²) in [4.78, 5) is 73.0. The van der Waals surface area contributed by atoms with Gasteiger partial charge < -0.3 is 33.8 Å². The third kappa shape index (κ3) is 72.4. The lowest BCUT2D eigenvalue weighted by atomic mass is 10.0. The summed E-state index contributed by atoms with van der Waals surface area (Å²) in [6, 6.07) is 0. The van der Waals surface area contributed by atoms with Crippen molar-refractivity contribution in [2.75, 3.05) is 39.6 Å². The van der Waals surface area contributed by atoms with E-state index < -0.39 is 97.5 Å². The largest absolute Gasteiger partial charge is 0.472 e. The first-order valence-corrected chi connectivity index (χ1v) is 44.0. The van der Waals surface area contributed by atoms with Crippen LogP contribution in [-0.4, -0.2) is 96.7 Å². The zero-order valence-corrected chi connectivity index (χ0v) is 65.9. The van der Waals surface area contributed by atoms with Gasteiger partial charge in [0.05, 0.1) is 26.4 Å². The minimum Gasteiger partial charge on any atom is -0.462 e. The summed E-state index contributed by atoms with van der Waals surface area (Å²) in [5, 5.41) is 10.6. The van der Waals surface area contributed by atoms with Crippen LogP contribution in [0.5, 0.6) is 0 Å². The molecule has 0 aliphatic rings. The van der Waals surface area contributed by atoms with Crippen LogP contribution >= 0.6 is 15.6 Å². The monoisotopic (exact) mass is 1440 g/mol. The summed E-state index contributed by atoms with van der Waals surface area (Å²) in [5.74, 6) is -0.578. The highest BCUT2D eigenvalue weighted by Gasteiger charge is 2.30. The Morgan fingerprint density at radius 2 is 0.469 bits per heavy atom. The van der Waals surface area contributed by atoms with Crippen LogP contribution < -0.4 is 0 Å². The van der Waals surface area contributed by atoms with E-state index in [1.54, 1.807) is 0 Å². The molecule has 0 aromatic carbocycles. The number of phosphoric ester groups is 2. The van der Waals surface area contributed by atoms with E-state index in [4.69, 9.17) is 37.0 Å². The quantitative estimate of drug-likeness (QED) is 0.0222. The average Bonchev–Trinajstić information content (AvgIpc) is 1.04. The lowest BCUT2D eigenvalue weighted by molar-refractivity contribution is -0.161. The van der Waals surface area contributed by atoms with Gasteiger partial charge in [-0.1, -0.05) is 363 Å². The Hall–Kier alpha value is -1.94. The number of hydrogen-bond donors (Lipinski definition) is 3. The fraction of sp³-hybridized carbons (Fsp3) is 0.949. The van der Waals surface area contributed by atoms with Gasteiger partial charge in [0.2, 0.25) is 0 Å². The Morgan fingerprint density at radius 1 is 0.276 bits per heavy atom. The average molecular weight is 1440 g/mol. The summed E-state index contributed by atoms with van der Waals surface area (Å²) in [6.45, 7) is 9.63. The van der Waals surface area contributed by atoms with Crippen molar-refractivity contribution in [3.63, 3.8) is 0 Å². The van der Waals surface area contributed by atoms with E-state index in [1.165, 1.54) is 231 Å². The molecular formula is C79H154O17P2. The van der Waals surface area contributed by atoms with E-state index in [9.17, 15) is 43.2 Å². The van der Waals surface area contributed by atoms with Crippen LogP contribution in [0, 0.1) is 11.8 Å². The van der Waals surface area contributed by atoms with E-state index in [0.29, 0.717) is 25.7 Å². The van der Waals surface area contributed by atoms with Gasteiger partial charge in [-0.25, -0.2) is 9.13 Å². The predicted molar refractivity (Wildman–Crippen MR) is 400 cm³/mol. The summed E-state index contributed by atoms with van der Waals surface area (Å²) in [5.41, 5.74) is 0. The fourth-order valence-corrected chi connectivity index (χ4v) is 13.8. The number of ether oxygens (including phenoxy) is 4. The number of phosphoric acid groups is 2. The molecule has 0 saturated heterocycles. The molecule has 2 unspecified atom stereocenters. The second kappa shape index (κ2) is 70.7. The number of carbonyl (C=O) groups is 4.